The van der Waals surface area contributed by atoms with Gasteiger partial charge in [-0.2, -0.15) is 0 Å². The summed E-state index contributed by atoms with van der Waals surface area (Å²) in [5.74, 6) is 0.914. The molecule has 0 unspecified atom stereocenters. The second-order valence-electron chi connectivity index (χ2n) is 4.98. The van der Waals surface area contributed by atoms with Crippen molar-refractivity contribution in [1.29, 1.82) is 0 Å². The number of aryl methyl sites for hydroxylation is 2. The van der Waals surface area contributed by atoms with Gasteiger partial charge >= 0.3 is 0 Å². The van der Waals surface area contributed by atoms with Crippen molar-refractivity contribution in [3.05, 3.63) is 41.6 Å². The van der Waals surface area contributed by atoms with E-state index in [1.54, 1.807) is 7.11 Å². The number of rotatable bonds is 2. The predicted molar refractivity (Wildman–Crippen MR) is 74.0 cm³/mol. The third-order valence-electron chi connectivity index (χ3n) is 3.75. The molecule has 0 radical (unpaired) electrons. The molecule has 1 aromatic carbocycles. The van der Waals surface area contributed by atoms with Crippen LogP contribution >= 0.6 is 0 Å². The van der Waals surface area contributed by atoms with Gasteiger partial charge in [-0.15, -0.1) is 0 Å². The van der Waals surface area contributed by atoms with Crippen molar-refractivity contribution in [3.63, 3.8) is 0 Å². The second kappa shape index (κ2) is 4.89. The maximum atomic E-state index is 5.28. The number of aromatic nitrogens is 1. The van der Waals surface area contributed by atoms with Gasteiger partial charge in [0.15, 0.2) is 0 Å². The van der Waals surface area contributed by atoms with Crippen LogP contribution in [0.5, 0.6) is 5.75 Å². The molecule has 0 spiro atoms. The number of ether oxygens (including phenoxy) is 1. The molecule has 18 heavy (non-hydrogen) atoms. The highest BCUT2D eigenvalue weighted by atomic mass is 16.5. The molecule has 2 aromatic rings. The molecule has 0 amide bonds. The van der Waals surface area contributed by atoms with Gasteiger partial charge in [-0.3, -0.25) is 0 Å². The Balaban J connectivity index is 1.96. The van der Waals surface area contributed by atoms with E-state index in [0.717, 1.165) is 5.75 Å². The molecule has 2 nitrogen and oxygen atoms in total. The van der Waals surface area contributed by atoms with E-state index in [-0.39, 0.29) is 0 Å². The van der Waals surface area contributed by atoms with E-state index in [1.807, 2.05) is 12.1 Å². The summed E-state index contributed by atoms with van der Waals surface area (Å²) in [6.45, 7) is 0. The van der Waals surface area contributed by atoms with E-state index in [9.17, 15) is 0 Å². The summed E-state index contributed by atoms with van der Waals surface area (Å²) in [5.41, 5.74) is 5.37. The van der Waals surface area contributed by atoms with E-state index in [0.29, 0.717) is 0 Å². The monoisotopic (exact) mass is 241 g/mol. The highest BCUT2D eigenvalue weighted by Gasteiger charge is 2.12. The number of H-pyrrole nitrogens is 1. The van der Waals surface area contributed by atoms with Gasteiger partial charge in [0.2, 0.25) is 0 Å². The Morgan fingerprint density at radius 3 is 2.83 bits per heavy atom. The first-order valence-electron chi connectivity index (χ1n) is 6.72. The first-order valence-corrected chi connectivity index (χ1v) is 6.72. The number of fused-ring (bicyclic) bond motifs is 1. The fourth-order valence-electron chi connectivity index (χ4n) is 2.73. The summed E-state index contributed by atoms with van der Waals surface area (Å²) < 4.78 is 5.28. The molecule has 3 rings (SSSR count). The molecule has 1 aliphatic rings. The minimum Gasteiger partial charge on any atom is -0.497 e. The summed E-state index contributed by atoms with van der Waals surface area (Å²) in [6.07, 6.45) is 6.40. The van der Waals surface area contributed by atoms with E-state index < -0.39 is 0 Å². The molecule has 2 heteroatoms. The lowest BCUT2D eigenvalue weighted by atomic mass is 10.1. The molecule has 0 saturated heterocycles. The van der Waals surface area contributed by atoms with Crippen molar-refractivity contribution in [3.8, 4) is 17.0 Å². The Bertz CT molecular complexity index is 518. The van der Waals surface area contributed by atoms with Crippen LogP contribution in [0.1, 0.15) is 30.5 Å². The molecule has 0 fully saturated rings. The normalized spacial score (nSPS) is 14.9. The molecule has 1 aliphatic carbocycles. The van der Waals surface area contributed by atoms with Crippen LogP contribution in [0.4, 0.5) is 0 Å². The van der Waals surface area contributed by atoms with Gasteiger partial charge in [-0.05, 0) is 49.4 Å². The summed E-state index contributed by atoms with van der Waals surface area (Å²) in [7, 11) is 1.71. The van der Waals surface area contributed by atoms with Crippen molar-refractivity contribution in [2.45, 2.75) is 32.1 Å². The average molecular weight is 241 g/mol. The molecule has 1 N–H and O–H groups in total. The smallest absolute Gasteiger partial charge is 0.119 e. The van der Waals surface area contributed by atoms with E-state index in [1.165, 1.54) is 54.6 Å². The van der Waals surface area contributed by atoms with E-state index >= 15 is 0 Å². The van der Waals surface area contributed by atoms with Crippen LogP contribution in [0.15, 0.2) is 30.3 Å². The highest BCUT2D eigenvalue weighted by molar-refractivity contribution is 5.63. The molecular formula is C16H19NO. The Morgan fingerprint density at radius 1 is 1.06 bits per heavy atom. The van der Waals surface area contributed by atoms with Crippen molar-refractivity contribution in [1.82, 2.24) is 4.98 Å². The SMILES string of the molecule is COc1cccc(-c2cc3c([nH]2)CCCCC3)c1. The van der Waals surface area contributed by atoms with E-state index in [2.05, 4.69) is 23.2 Å². The van der Waals surface area contributed by atoms with Gasteiger partial charge in [-0.1, -0.05) is 18.6 Å². The number of nitrogens with one attached hydrogen (secondary N) is 1. The predicted octanol–water partition coefficient (Wildman–Crippen LogP) is 3.96. The first kappa shape index (κ1) is 11.4. The summed E-state index contributed by atoms with van der Waals surface area (Å²) in [4.78, 5) is 3.59. The maximum absolute atomic E-state index is 5.28. The lowest BCUT2D eigenvalue weighted by molar-refractivity contribution is 0.415. The zero-order valence-electron chi connectivity index (χ0n) is 10.8. The van der Waals surface area contributed by atoms with Crippen molar-refractivity contribution >= 4 is 0 Å². The maximum Gasteiger partial charge on any atom is 0.119 e. The van der Waals surface area contributed by atoms with Gasteiger partial charge in [-0.25, -0.2) is 0 Å². The third kappa shape index (κ3) is 2.15. The van der Waals surface area contributed by atoms with Crippen molar-refractivity contribution < 1.29 is 4.74 Å². The lowest BCUT2D eigenvalue weighted by Crippen LogP contribution is -1.87. The van der Waals surface area contributed by atoms with Gasteiger partial charge in [0.25, 0.3) is 0 Å². The number of aromatic amines is 1. The number of benzene rings is 1. The highest BCUT2D eigenvalue weighted by Crippen LogP contribution is 2.28. The minimum absolute atomic E-state index is 0.914. The van der Waals surface area contributed by atoms with Gasteiger partial charge in [0.05, 0.1) is 7.11 Å². The van der Waals surface area contributed by atoms with Crippen LogP contribution in [0.2, 0.25) is 0 Å². The van der Waals surface area contributed by atoms with Crippen LogP contribution in [0, 0.1) is 0 Å². The molecule has 0 atom stereocenters. The van der Waals surface area contributed by atoms with E-state index in [4.69, 9.17) is 4.74 Å². The van der Waals surface area contributed by atoms with Gasteiger partial charge < -0.3 is 9.72 Å². The van der Waals surface area contributed by atoms with Crippen molar-refractivity contribution in [2.75, 3.05) is 7.11 Å². The van der Waals surface area contributed by atoms with Gasteiger partial charge in [0.1, 0.15) is 5.75 Å². The molecular weight excluding hydrogens is 222 g/mol. The molecule has 94 valence electrons. The Hall–Kier alpha value is -1.70. The van der Waals surface area contributed by atoms with Gasteiger partial charge in [0, 0.05) is 17.0 Å². The summed E-state index contributed by atoms with van der Waals surface area (Å²) >= 11 is 0. The Morgan fingerprint density at radius 2 is 1.94 bits per heavy atom. The number of hydrogen-bond donors (Lipinski definition) is 1. The second-order valence-corrected chi connectivity index (χ2v) is 4.98. The molecule has 1 heterocycles. The molecule has 0 aliphatic heterocycles. The van der Waals surface area contributed by atoms with Crippen LogP contribution in [-0.4, -0.2) is 12.1 Å². The molecule has 1 aromatic heterocycles. The number of methoxy groups -OCH3 is 1. The number of hydrogen-bond acceptors (Lipinski definition) is 1. The Kier molecular flexibility index (Phi) is 3.09. The summed E-state index contributed by atoms with van der Waals surface area (Å²) in [6, 6.07) is 10.6. The Labute approximate surface area is 108 Å². The van der Waals surface area contributed by atoms with Crippen LogP contribution in [-0.2, 0) is 12.8 Å². The minimum atomic E-state index is 0.914. The fourth-order valence-corrected chi connectivity index (χ4v) is 2.73. The molecule has 0 saturated carbocycles. The lowest BCUT2D eigenvalue weighted by Gasteiger charge is -2.02. The summed E-state index contributed by atoms with van der Waals surface area (Å²) in [5, 5.41) is 0. The quantitative estimate of drug-likeness (QED) is 0.791. The standard InChI is InChI=1S/C16H19NO/c1-18-14-8-5-7-12(10-14)16-11-13-6-3-2-4-9-15(13)17-16/h5,7-8,10-11,17H,2-4,6,9H2,1H3. The third-order valence-corrected chi connectivity index (χ3v) is 3.75. The van der Waals surface area contributed by atoms with Crippen LogP contribution < -0.4 is 4.74 Å². The zero-order valence-corrected chi connectivity index (χ0v) is 10.8. The van der Waals surface area contributed by atoms with Crippen LogP contribution in [0.25, 0.3) is 11.3 Å². The first-order chi connectivity index (χ1) is 8.86. The largest absolute Gasteiger partial charge is 0.497 e. The van der Waals surface area contributed by atoms with Crippen LogP contribution in [0.3, 0.4) is 0 Å². The zero-order chi connectivity index (χ0) is 12.4. The van der Waals surface area contributed by atoms with Crippen molar-refractivity contribution in [2.24, 2.45) is 0 Å². The topological polar surface area (TPSA) is 25.0 Å². The molecule has 0 bridgehead atoms. The fraction of sp³-hybridized carbons (Fsp3) is 0.375. The average Bonchev–Trinajstić information content (AvgIpc) is 2.70.